The van der Waals surface area contributed by atoms with Crippen LogP contribution in [0.2, 0.25) is 0 Å². The summed E-state index contributed by atoms with van der Waals surface area (Å²) < 4.78 is 40.1. The molecular formula is C90H142F3N17O8S3. The summed E-state index contributed by atoms with van der Waals surface area (Å²) in [6, 6.07) is 21.0. The molecule has 8 saturated heterocycles. The van der Waals surface area contributed by atoms with Crippen LogP contribution < -0.4 is 31.9 Å². The number of nitrogens with one attached hydrogen (secondary N) is 6. The number of thiazole rings is 3. The number of halogens is 3. The van der Waals surface area contributed by atoms with Crippen molar-refractivity contribution in [3.63, 3.8) is 0 Å². The fraction of sp³-hybridized carbons (Fsp3) is 0.622. The number of likely N-dealkylation sites (tertiary alicyclic amines) is 8. The molecule has 7 amide bonds. The number of piperidine rings is 8. The van der Waals surface area contributed by atoms with Crippen molar-refractivity contribution in [2.45, 2.75) is 181 Å². The molecule has 25 nitrogen and oxygen atoms in total. The molecule has 121 heavy (non-hydrogen) atoms. The zero-order valence-electron chi connectivity index (χ0n) is 72.0. The van der Waals surface area contributed by atoms with Gasteiger partial charge < -0.3 is 50.5 Å². The molecule has 0 spiro atoms. The molecule has 3 aromatic heterocycles. The maximum absolute atomic E-state index is 13.4. The number of nitrogens with zero attached hydrogens (tertiary/aromatic N) is 11. The Labute approximate surface area is 734 Å². The van der Waals surface area contributed by atoms with Crippen molar-refractivity contribution in [2.24, 2.45) is 35.5 Å². The van der Waals surface area contributed by atoms with Crippen molar-refractivity contribution in [3.05, 3.63) is 139 Å². The van der Waals surface area contributed by atoms with Gasteiger partial charge in [0.1, 0.15) is 17.5 Å². The Morgan fingerprint density at radius 1 is 0.413 bits per heavy atom. The van der Waals surface area contributed by atoms with Crippen LogP contribution in [0.5, 0.6) is 0 Å². The van der Waals surface area contributed by atoms with Crippen molar-refractivity contribution in [3.8, 4) is 0 Å². The van der Waals surface area contributed by atoms with Crippen LogP contribution in [0.3, 0.4) is 0 Å². The minimum absolute atomic E-state index is 0. The van der Waals surface area contributed by atoms with E-state index in [1.807, 2.05) is 41.3 Å². The number of anilines is 3. The lowest BCUT2D eigenvalue weighted by atomic mass is 9.87. The van der Waals surface area contributed by atoms with Crippen molar-refractivity contribution in [1.82, 2.24) is 70.1 Å². The van der Waals surface area contributed by atoms with Gasteiger partial charge in [-0.3, -0.25) is 44.9 Å². The van der Waals surface area contributed by atoms with Crippen LogP contribution in [0.15, 0.2) is 72.8 Å². The minimum atomic E-state index is -0.303. The maximum atomic E-state index is 13.4. The monoisotopic (exact) mass is 1740 g/mol. The number of aliphatic hydroxyl groups is 1. The van der Waals surface area contributed by atoms with E-state index in [-0.39, 0.29) is 105 Å². The molecule has 6 aromatic rings. The second-order valence-corrected chi connectivity index (χ2v) is 38.3. The third-order valence-corrected chi connectivity index (χ3v) is 29.5. The maximum Gasteiger partial charge on any atom is 0.321 e. The van der Waals surface area contributed by atoms with Crippen molar-refractivity contribution in [1.29, 1.82) is 0 Å². The topological polar surface area (TPSA) is 276 Å². The van der Waals surface area contributed by atoms with Gasteiger partial charge in [0.25, 0.3) is 0 Å². The van der Waals surface area contributed by atoms with Gasteiger partial charge >= 0.3 is 18.1 Å². The molecule has 11 heterocycles. The van der Waals surface area contributed by atoms with Gasteiger partial charge in [0.2, 0.25) is 5.91 Å². The number of aliphatic hydroxyl groups excluding tert-OH is 1. The number of benzene rings is 3. The number of ketones is 3. The molecule has 8 fully saturated rings. The molecule has 674 valence electrons. The minimum Gasteiger partial charge on any atom is -0.395 e. The normalized spacial score (nSPS) is 24.2. The fourth-order valence-electron chi connectivity index (χ4n) is 19.8. The standard InChI is InChI=1S/C32H45FN6O3S.C31H45FN6O2S.C27H38FN5O3S.7H2/c1-21-30(22(2)40)43-32(34-21)36-31(42)35-29-12-16-39(28-10-14-38(15-11-28)23(3)41)20-26(29)19-37-13-4-5-25(18-37)17-24-6-8-27(33)9-7-24;1-21-29(22(2)39)41-31(33-21)35-30(40)34-28-12-16-38(27-10-14-36(3)15-11-27)20-25(28)19-37-13-4-5-24(18-37)17-23-6-8-26(32)9-7-23;1-18-25(19(2)35)37-27(29-18)31-26(36)30-24-9-11-32(12-13-34)16-22(24)17-33-10-3-4-21(15-33)14-20-5-7-23(28)8-6-20;;;;;;;/h6-9,25-26,28-29H,4-5,10-20H2,1-3H3,(H2,34,35,36,42);6-9,24-25,27-28H,4-5,10-20H2,1-3H3,(H2,33,34,35,40);5-8,21-22,24,34H,3-4,9-17H2,1-2H3,(H2,29,30,31,36);7*1H/t25-,26+,29+;24-,25+,28+;21-,22-,24+;;;;;;;/m000......./s1. The number of carbonyl (C=O) groups is 7. The highest BCUT2D eigenvalue weighted by atomic mass is 32.1. The quantitative estimate of drug-likeness (QED) is 0.0262. The van der Waals surface area contributed by atoms with E-state index >= 15 is 0 Å². The van der Waals surface area contributed by atoms with E-state index in [1.54, 1.807) is 52.0 Å². The first-order valence-corrected chi connectivity index (χ1v) is 46.5. The van der Waals surface area contributed by atoms with Gasteiger partial charge in [-0.1, -0.05) is 70.4 Å². The zero-order valence-corrected chi connectivity index (χ0v) is 74.5. The van der Waals surface area contributed by atoms with E-state index in [2.05, 4.69) is 88.2 Å². The second kappa shape index (κ2) is 44.8. The predicted octanol–water partition coefficient (Wildman–Crippen LogP) is 14.5. The van der Waals surface area contributed by atoms with Gasteiger partial charge in [-0.2, -0.15) is 0 Å². The van der Waals surface area contributed by atoms with E-state index < -0.39 is 0 Å². The number of urea groups is 3. The Morgan fingerprint density at radius 2 is 0.736 bits per heavy atom. The molecule has 7 N–H and O–H groups in total. The van der Waals surface area contributed by atoms with Crippen LogP contribution >= 0.6 is 34.0 Å². The smallest absolute Gasteiger partial charge is 0.321 e. The largest absolute Gasteiger partial charge is 0.395 e. The summed E-state index contributed by atoms with van der Waals surface area (Å²) in [6.45, 7) is 30.5. The first-order chi connectivity index (χ1) is 58.2. The number of rotatable bonds is 25. The number of aromatic nitrogens is 3. The van der Waals surface area contributed by atoms with Crippen LogP contribution in [0.4, 0.5) is 42.9 Å². The zero-order chi connectivity index (χ0) is 85.8. The molecule has 31 heteroatoms. The molecule has 0 radical (unpaired) electrons. The van der Waals surface area contributed by atoms with Crippen LogP contribution in [0, 0.1) is 73.7 Å². The van der Waals surface area contributed by atoms with Gasteiger partial charge in [-0.05, 0) is 234 Å². The SMILES string of the molecule is CC(=O)c1sc(NC(=O)N[C@@H]2CCN(C3CCN(C(C)=O)CC3)C[C@H]2CN2CCC[C@@H](Cc3ccc(F)cc3)C2)nc1C.CC(=O)c1sc(NC(=O)N[C@@H]2CCN(C3CCN(C)CC3)C[C@H]2CN2CCC[C@@H](Cc3ccc(F)cc3)C2)nc1C.CC(=O)c1sc(NC(=O)N[C@@H]2CCN(CCO)C[C@H]2CN2CCC[C@@H](Cc3ccc(F)cc3)C2)nc1C.[HH].[HH].[HH].[HH].[HH].[HH].[HH]. The number of β-amino-alcohol motifs (C(OH)–C–C–N with tert-alkyl or cyclic N) is 1. The molecule has 0 saturated carbocycles. The summed E-state index contributed by atoms with van der Waals surface area (Å²) in [4.78, 5) is 121. The first kappa shape index (κ1) is 92.5. The van der Waals surface area contributed by atoms with Crippen molar-refractivity contribution >= 4 is 90.8 Å². The molecule has 0 bridgehead atoms. The summed E-state index contributed by atoms with van der Waals surface area (Å²) in [6.07, 6.45) is 16.8. The Morgan fingerprint density at radius 3 is 1.05 bits per heavy atom. The number of amides is 7. The summed E-state index contributed by atoms with van der Waals surface area (Å²) >= 11 is 3.64. The molecule has 9 atom stereocenters. The van der Waals surface area contributed by atoms with Gasteiger partial charge in [-0.25, -0.2) is 42.5 Å². The Kier molecular flexibility index (Phi) is 34.2. The van der Waals surface area contributed by atoms with E-state index in [9.17, 15) is 51.8 Å². The number of hydrogen-bond donors (Lipinski definition) is 7. The molecule has 8 aliphatic rings. The van der Waals surface area contributed by atoms with Crippen molar-refractivity contribution in [2.75, 3.05) is 161 Å². The second-order valence-electron chi connectivity index (χ2n) is 35.3. The third-order valence-electron chi connectivity index (χ3n) is 26.0. The average Bonchev–Trinajstić information content (AvgIpc) is 1.07. The van der Waals surface area contributed by atoms with Gasteiger partial charge in [0, 0.05) is 184 Å². The lowest BCUT2D eigenvalue weighted by molar-refractivity contribution is -0.130. The average molecular weight is 1740 g/mol. The number of hydrogen-bond acceptors (Lipinski definition) is 21. The van der Waals surface area contributed by atoms with Crippen LogP contribution in [-0.4, -0.2) is 275 Å². The highest BCUT2D eigenvalue weighted by molar-refractivity contribution is 7.18. The number of carbonyl (C=O) groups excluding carboxylic acids is 7. The number of aryl methyl sites for hydroxylation is 3. The summed E-state index contributed by atoms with van der Waals surface area (Å²) in [5, 5.41) is 29.1. The molecular weight excluding hydrogens is 1600 g/mol. The van der Waals surface area contributed by atoms with E-state index in [0.717, 1.165) is 201 Å². The summed E-state index contributed by atoms with van der Waals surface area (Å²) in [5.41, 5.74) is 5.46. The summed E-state index contributed by atoms with van der Waals surface area (Å²) in [5.74, 6) is 1.82. The van der Waals surface area contributed by atoms with Crippen molar-refractivity contribution < 1.29 is 61.8 Å². The third kappa shape index (κ3) is 27.7. The lowest BCUT2D eigenvalue weighted by Crippen LogP contribution is -2.58. The van der Waals surface area contributed by atoms with Crippen LogP contribution in [0.1, 0.15) is 184 Å². The first-order valence-electron chi connectivity index (χ1n) is 44.0. The van der Waals surface area contributed by atoms with E-state index in [0.29, 0.717) is 89.4 Å². The van der Waals surface area contributed by atoms with E-state index in [1.165, 1.54) is 109 Å². The Balaban J connectivity index is 0.000000332. The van der Waals surface area contributed by atoms with Gasteiger partial charge in [-0.15, -0.1) is 0 Å². The van der Waals surface area contributed by atoms with Crippen LogP contribution in [-0.2, 0) is 24.1 Å². The lowest BCUT2D eigenvalue weighted by Gasteiger charge is -2.46. The molecule has 3 aromatic carbocycles. The fourth-order valence-corrected chi connectivity index (χ4v) is 22.4. The molecule has 8 aliphatic heterocycles. The van der Waals surface area contributed by atoms with Gasteiger partial charge in [0.05, 0.1) is 38.3 Å². The molecule has 0 unspecified atom stereocenters. The van der Waals surface area contributed by atoms with Crippen LogP contribution in [0.25, 0.3) is 0 Å². The predicted molar refractivity (Wildman–Crippen MR) is 488 cm³/mol. The number of Topliss-reactive ketones (excluding diaryl/α,β-unsaturated/α-hetero) is 3. The summed E-state index contributed by atoms with van der Waals surface area (Å²) in [7, 11) is 2.20. The molecule has 0 aliphatic carbocycles. The van der Waals surface area contributed by atoms with E-state index in [4.69, 9.17) is 0 Å². The Hall–Kier alpha value is -7.69. The van der Waals surface area contributed by atoms with Gasteiger partial charge in [0.15, 0.2) is 32.7 Å². The molecule has 14 rings (SSSR count). The Bertz CT molecular complexity index is 4430. The highest BCUT2D eigenvalue weighted by Gasteiger charge is 2.40. The highest BCUT2D eigenvalue weighted by Crippen LogP contribution is 2.34.